The van der Waals surface area contributed by atoms with Gasteiger partial charge in [0.1, 0.15) is 6.61 Å². The monoisotopic (exact) mass is 366 g/mol. The normalized spacial score (nSPS) is 19.5. The van der Waals surface area contributed by atoms with Crippen LogP contribution in [0, 0.1) is 5.92 Å². The molecule has 2 aliphatic rings. The summed E-state index contributed by atoms with van der Waals surface area (Å²) in [5.74, 6) is 1.88. The Labute approximate surface area is 160 Å². The molecule has 0 saturated heterocycles. The highest BCUT2D eigenvalue weighted by molar-refractivity contribution is 5.82. The molecular formula is C22H26N2O3. The lowest BCUT2D eigenvalue weighted by Crippen LogP contribution is -2.47. The van der Waals surface area contributed by atoms with Crippen molar-refractivity contribution >= 4 is 5.91 Å². The standard InChI is InChI=1S/C22H26N2O3/c25-22(21-16-26-19-11-4-5-12-20(19)27-21)24(14-17-8-2-1-3-9-17)15-18-10-6-7-13-23-18/h4-7,10-13,17,21H,1-3,8-9,14-16H2/t21-/m1/s1. The van der Waals surface area contributed by atoms with Crippen LogP contribution in [-0.4, -0.2) is 35.0 Å². The van der Waals surface area contributed by atoms with Crippen molar-refractivity contribution < 1.29 is 14.3 Å². The molecule has 0 bridgehead atoms. The molecule has 1 fully saturated rings. The van der Waals surface area contributed by atoms with E-state index in [1.807, 2.05) is 47.4 Å². The summed E-state index contributed by atoms with van der Waals surface area (Å²) < 4.78 is 11.7. The van der Waals surface area contributed by atoms with Crippen LogP contribution >= 0.6 is 0 Å². The number of para-hydroxylation sites is 2. The van der Waals surface area contributed by atoms with Crippen molar-refractivity contribution in [2.24, 2.45) is 5.92 Å². The first-order valence-electron chi connectivity index (χ1n) is 9.87. The molecule has 0 N–H and O–H groups in total. The van der Waals surface area contributed by atoms with Crippen molar-refractivity contribution in [1.82, 2.24) is 9.88 Å². The maximum atomic E-state index is 13.3. The number of amides is 1. The van der Waals surface area contributed by atoms with Crippen LogP contribution in [0.3, 0.4) is 0 Å². The lowest BCUT2D eigenvalue weighted by molar-refractivity contribution is -0.142. The van der Waals surface area contributed by atoms with Crippen molar-refractivity contribution in [1.29, 1.82) is 0 Å². The molecule has 1 aromatic carbocycles. The molecule has 2 heterocycles. The fourth-order valence-electron chi connectivity index (χ4n) is 3.95. The molecule has 2 aromatic rings. The second kappa shape index (κ2) is 8.42. The van der Waals surface area contributed by atoms with E-state index in [1.165, 1.54) is 32.1 Å². The lowest BCUT2D eigenvalue weighted by Gasteiger charge is -2.33. The Hall–Kier alpha value is -2.56. The predicted octanol–water partition coefficient (Wildman–Crippen LogP) is 3.83. The number of fused-ring (bicyclic) bond motifs is 1. The highest BCUT2D eigenvalue weighted by Gasteiger charge is 2.32. The molecule has 5 nitrogen and oxygen atoms in total. The molecule has 0 unspecified atom stereocenters. The molecule has 0 spiro atoms. The first-order chi connectivity index (χ1) is 13.3. The topological polar surface area (TPSA) is 51.7 Å². The minimum atomic E-state index is -0.604. The minimum Gasteiger partial charge on any atom is -0.485 e. The number of rotatable bonds is 5. The van der Waals surface area contributed by atoms with E-state index in [9.17, 15) is 4.79 Å². The summed E-state index contributed by atoms with van der Waals surface area (Å²) in [6.45, 7) is 1.52. The van der Waals surface area contributed by atoms with Gasteiger partial charge in [-0.1, -0.05) is 37.5 Å². The summed E-state index contributed by atoms with van der Waals surface area (Å²) in [4.78, 5) is 19.6. The number of carbonyl (C=O) groups excluding carboxylic acids is 1. The Balaban J connectivity index is 1.49. The largest absolute Gasteiger partial charge is 0.485 e. The van der Waals surface area contributed by atoms with Crippen LogP contribution < -0.4 is 9.47 Å². The van der Waals surface area contributed by atoms with E-state index in [2.05, 4.69) is 4.98 Å². The van der Waals surface area contributed by atoms with Gasteiger partial charge >= 0.3 is 0 Å². The summed E-state index contributed by atoms with van der Waals surface area (Å²) in [7, 11) is 0. The van der Waals surface area contributed by atoms with Crippen molar-refractivity contribution in [3.05, 3.63) is 54.4 Å². The molecule has 1 amide bonds. The lowest BCUT2D eigenvalue weighted by atomic mass is 9.89. The number of nitrogens with zero attached hydrogens (tertiary/aromatic N) is 2. The molecular weight excluding hydrogens is 340 g/mol. The summed E-state index contributed by atoms with van der Waals surface area (Å²) in [5, 5.41) is 0. The molecule has 27 heavy (non-hydrogen) atoms. The van der Waals surface area contributed by atoms with Crippen LogP contribution in [0.5, 0.6) is 11.5 Å². The Kier molecular flexibility index (Phi) is 5.56. The van der Waals surface area contributed by atoms with Gasteiger partial charge in [-0.15, -0.1) is 0 Å². The smallest absolute Gasteiger partial charge is 0.267 e. The molecule has 1 atom stereocenters. The zero-order valence-electron chi connectivity index (χ0n) is 15.5. The zero-order chi connectivity index (χ0) is 18.5. The van der Waals surface area contributed by atoms with E-state index in [0.717, 1.165) is 12.2 Å². The molecule has 1 saturated carbocycles. The fraction of sp³-hybridized carbons (Fsp3) is 0.455. The summed E-state index contributed by atoms with van der Waals surface area (Å²) in [6, 6.07) is 13.3. The molecule has 1 aliphatic heterocycles. The van der Waals surface area contributed by atoms with Gasteiger partial charge in [0, 0.05) is 12.7 Å². The Morgan fingerprint density at radius 1 is 1.04 bits per heavy atom. The van der Waals surface area contributed by atoms with Crippen molar-refractivity contribution in [2.45, 2.75) is 44.8 Å². The fourth-order valence-corrected chi connectivity index (χ4v) is 3.95. The molecule has 142 valence electrons. The van der Waals surface area contributed by atoms with E-state index in [-0.39, 0.29) is 12.5 Å². The second-order valence-corrected chi connectivity index (χ2v) is 7.41. The average molecular weight is 366 g/mol. The first kappa shape index (κ1) is 17.8. The summed E-state index contributed by atoms with van der Waals surface area (Å²) in [5.41, 5.74) is 0.902. The average Bonchev–Trinajstić information content (AvgIpc) is 2.74. The number of benzene rings is 1. The van der Waals surface area contributed by atoms with Gasteiger partial charge < -0.3 is 14.4 Å². The van der Waals surface area contributed by atoms with E-state index in [4.69, 9.17) is 9.47 Å². The predicted molar refractivity (Wildman–Crippen MR) is 103 cm³/mol. The maximum absolute atomic E-state index is 13.3. The number of ether oxygens (including phenoxy) is 2. The van der Waals surface area contributed by atoms with Crippen LogP contribution in [0.25, 0.3) is 0 Å². The Bertz CT molecular complexity index is 759. The molecule has 4 rings (SSSR count). The maximum Gasteiger partial charge on any atom is 0.267 e. The van der Waals surface area contributed by atoms with Crippen LogP contribution in [0.4, 0.5) is 0 Å². The van der Waals surface area contributed by atoms with Crippen molar-refractivity contribution in [3.8, 4) is 11.5 Å². The third-order valence-electron chi connectivity index (χ3n) is 5.38. The Morgan fingerprint density at radius 3 is 2.59 bits per heavy atom. The van der Waals surface area contributed by atoms with Gasteiger partial charge in [0.25, 0.3) is 5.91 Å². The number of carbonyl (C=O) groups is 1. The minimum absolute atomic E-state index is 0.0132. The van der Waals surface area contributed by atoms with Crippen LogP contribution in [0.2, 0.25) is 0 Å². The highest BCUT2D eigenvalue weighted by Crippen LogP contribution is 2.32. The number of hydrogen-bond donors (Lipinski definition) is 0. The highest BCUT2D eigenvalue weighted by atomic mass is 16.6. The van der Waals surface area contributed by atoms with Crippen molar-refractivity contribution in [3.63, 3.8) is 0 Å². The third kappa shape index (κ3) is 4.41. The van der Waals surface area contributed by atoms with Crippen LogP contribution in [0.15, 0.2) is 48.7 Å². The van der Waals surface area contributed by atoms with Crippen molar-refractivity contribution in [2.75, 3.05) is 13.2 Å². The van der Waals surface area contributed by atoms with Gasteiger partial charge in [0.05, 0.1) is 12.2 Å². The van der Waals surface area contributed by atoms with Gasteiger partial charge in [0.15, 0.2) is 11.5 Å². The van der Waals surface area contributed by atoms with Crippen LogP contribution in [0.1, 0.15) is 37.8 Å². The van der Waals surface area contributed by atoms with Gasteiger partial charge in [0.2, 0.25) is 6.10 Å². The molecule has 1 aromatic heterocycles. The number of aromatic nitrogens is 1. The SMILES string of the molecule is O=C([C@H]1COc2ccccc2O1)N(Cc1ccccn1)CC1CCCCC1. The third-order valence-corrected chi connectivity index (χ3v) is 5.38. The van der Waals surface area contributed by atoms with E-state index in [1.54, 1.807) is 6.20 Å². The number of hydrogen-bond acceptors (Lipinski definition) is 4. The van der Waals surface area contributed by atoms with Crippen LogP contribution in [-0.2, 0) is 11.3 Å². The van der Waals surface area contributed by atoms with E-state index < -0.39 is 6.10 Å². The zero-order valence-corrected chi connectivity index (χ0v) is 15.5. The molecule has 0 radical (unpaired) electrons. The van der Waals surface area contributed by atoms with Gasteiger partial charge in [-0.25, -0.2) is 0 Å². The second-order valence-electron chi connectivity index (χ2n) is 7.41. The molecule has 1 aliphatic carbocycles. The summed E-state index contributed by atoms with van der Waals surface area (Å²) in [6.07, 6.45) is 7.37. The van der Waals surface area contributed by atoms with Gasteiger partial charge in [-0.05, 0) is 43.0 Å². The Morgan fingerprint density at radius 2 is 1.81 bits per heavy atom. The first-order valence-corrected chi connectivity index (χ1v) is 9.87. The van der Waals surface area contributed by atoms with E-state index >= 15 is 0 Å². The quantitative estimate of drug-likeness (QED) is 0.807. The van der Waals surface area contributed by atoms with E-state index in [0.29, 0.717) is 24.0 Å². The van der Waals surface area contributed by atoms with Gasteiger partial charge in [-0.3, -0.25) is 9.78 Å². The number of pyridine rings is 1. The molecule has 5 heteroatoms. The van der Waals surface area contributed by atoms with Gasteiger partial charge in [-0.2, -0.15) is 0 Å². The summed E-state index contributed by atoms with van der Waals surface area (Å²) >= 11 is 0.